The highest BCUT2D eigenvalue weighted by atomic mass is 32.1. The van der Waals surface area contributed by atoms with E-state index in [4.69, 9.17) is 4.74 Å². The lowest BCUT2D eigenvalue weighted by molar-refractivity contribution is 0.0473. The molecule has 7 nitrogen and oxygen atoms in total. The molecule has 3 aromatic heterocycles. The van der Waals surface area contributed by atoms with Gasteiger partial charge in [-0.3, -0.25) is 4.68 Å². The number of hydrogen-bond acceptors (Lipinski definition) is 6. The number of rotatable bonds is 6. The molecule has 0 bridgehead atoms. The van der Waals surface area contributed by atoms with Crippen LogP contribution in [-0.2, 0) is 11.3 Å². The topological polar surface area (TPSA) is 74.8 Å². The van der Waals surface area contributed by atoms with Gasteiger partial charge in [0, 0.05) is 12.4 Å². The summed E-state index contributed by atoms with van der Waals surface area (Å²) >= 11 is 1.47. The molecule has 0 amide bonds. The van der Waals surface area contributed by atoms with Crippen LogP contribution in [0.25, 0.3) is 16.4 Å². The summed E-state index contributed by atoms with van der Waals surface area (Å²) in [7, 11) is 0. The molecule has 0 spiro atoms. The quantitative estimate of drug-likeness (QED) is 0.478. The molecule has 0 fully saturated rings. The van der Waals surface area contributed by atoms with Gasteiger partial charge in [-0.25, -0.2) is 13.9 Å². The molecular weight excluding hydrogens is 369 g/mol. The zero-order chi connectivity index (χ0) is 18.6. The molecule has 4 rings (SSSR count). The second-order valence-electron chi connectivity index (χ2n) is 5.53. The normalized spacial score (nSPS) is 10.9. The standard InChI is InChI=1S/C18H14FN5O2S/c19-13-4-6-14(7-5-13)24-17(15-3-1-12-27-15)21-16(22-24)18(25)26-11-10-23-9-2-8-20-23/h1-9,12H,10-11H2. The fraction of sp³-hybridized carbons (Fsp3) is 0.111. The van der Waals surface area contributed by atoms with Crippen molar-refractivity contribution in [2.45, 2.75) is 6.54 Å². The fourth-order valence-corrected chi connectivity index (χ4v) is 3.15. The number of halogens is 1. The van der Waals surface area contributed by atoms with Crippen LogP contribution in [0.5, 0.6) is 0 Å². The lowest BCUT2D eigenvalue weighted by Crippen LogP contribution is -2.13. The van der Waals surface area contributed by atoms with Gasteiger partial charge in [0.05, 0.1) is 17.1 Å². The number of nitrogens with zero attached hydrogens (tertiary/aromatic N) is 5. The first-order valence-corrected chi connectivity index (χ1v) is 9.00. The number of benzene rings is 1. The molecule has 0 atom stereocenters. The minimum absolute atomic E-state index is 0.0526. The van der Waals surface area contributed by atoms with Crippen molar-refractivity contribution in [1.29, 1.82) is 0 Å². The van der Waals surface area contributed by atoms with E-state index in [-0.39, 0.29) is 18.2 Å². The smallest absolute Gasteiger partial charge is 0.378 e. The summed E-state index contributed by atoms with van der Waals surface area (Å²) in [6.45, 7) is 0.592. The predicted molar refractivity (Wildman–Crippen MR) is 97.1 cm³/mol. The summed E-state index contributed by atoms with van der Waals surface area (Å²) in [5.41, 5.74) is 0.600. The zero-order valence-electron chi connectivity index (χ0n) is 14.0. The Kier molecular flexibility index (Phi) is 4.75. The van der Waals surface area contributed by atoms with Gasteiger partial charge in [-0.15, -0.1) is 16.4 Å². The molecule has 9 heteroatoms. The van der Waals surface area contributed by atoms with Gasteiger partial charge >= 0.3 is 5.97 Å². The maximum absolute atomic E-state index is 13.2. The lowest BCUT2D eigenvalue weighted by atomic mass is 10.3. The Morgan fingerprint density at radius 3 is 2.74 bits per heavy atom. The van der Waals surface area contributed by atoms with Gasteiger partial charge in [-0.05, 0) is 41.8 Å². The molecule has 1 aromatic carbocycles. The van der Waals surface area contributed by atoms with Gasteiger partial charge in [0.1, 0.15) is 12.4 Å². The highest BCUT2D eigenvalue weighted by Gasteiger charge is 2.20. The molecule has 0 aliphatic rings. The van der Waals surface area contributed by atoms with Crippen LogP contribution in [0.1, 0.15) is 10.6 Å². The van der Waals surface area contributed by atoms with E-state index >= 15 is 0 Å². The third kappa shape index (κ3) is 3.77. The van der Waals surface area contributed by atoms with E-state index in [2.05, 4.69) is 15.2 Å². The van der Waals surface area contributed by atoms with Crippen LogP contribution in [0.15, 0.2) is 60.2 Å². The van der Waals surface area contributed by atoms with Crippen LogP contribution >= 0.6 is 11.3 Å². The highest BCUT2D eigenvalue weighted by molar-refractivity contribution is 7.13. The fourth-order valence-electron chi connectivity index (χ4n) is 2.46. The molecule has 4 aromatic rings. The van der Waals surface area contributed by atoms with Crippen LogP contribution in [0.4, 0.5) is 4.39 Å². The van der Waals surface area contributed by atoms with Crippen molar-refractivity contribution >= 4 is 17.3 Å². The zero-order valence-corrected chi connectivity index (χ0v) is 14.8. The van der Waals surface area contributed by atoms with E-state index < -0.39 is 5.97 Å². The first-order chi connectivity index (χ1) is 13.2. The highest BCUT2D eigenvalue weighted by Crippen LogP contribution is 2.25. The molecule has 0 aliphatic carbocycles. The molecule has 3 heterocycles. The first kappa shape index (κ1) is 17.1. The van der Waals surface area contributed by atoms with E-state index in [1.807, 2.05) is 17.5 Å². The van der Waals surface area contributed by atoms with E-state index in [0.717, 1.165) is 4.88 Å². The maximum atomic E-state index is 13.2. The first-order valence-electron chi connectivity index (χ1n) is 8.12. The number of carbonyl (C=O) groups is 1. The predicted octanol–water partition coefficient (Wildman–Crippen LogP) is 3.19. The summed E-state index contributed by atoms with van der Waals surface area (Å²) < 4.78 is 21.7. The second kappa shape index (κ2) is 7.50. The van der Waals surface area contributed by atoms with Gasteiger partial charge in [0.2, 0.25) is 0 Å². The summed E-state index contributed by atoms with van der Waals surface area (Å²) in [5, 5.41) is 10.2. The van der Waals surface area contributed by atoms with E-state index in [0.29, 0.717) is 18.1 Å². The van der Waals surface area contributed by atoms with Gasteiger partial charge in [-0.2, -0.15) is 10.1 Å². The minimum Gasteiger partial charge on any atom is -0.458 e. The Bertz CT molecular complexity index is 1030. The van der Waals surface area contributed by atoms with Crippen LogP contribution in [0.3, 0.4) is 0 Å². The van der Waals surface area contributed by atoms with Crippen molar-refractivity contribution in [2.75, 3.05) is 6.61 Å². The van der Waals surface area contributed by atoms with Crippen LogP contribution in [0.2, 0.25) is 0 Å². The molecule has 0 unspecified atom stereocenters. The van der Waals surface area contributed by atoms with Crippen molar-refractivity contribution in [1.82, 2.24) is 24.5 Å². The Hall–Kier alpha value is -3.33. The average molecular weight is 383 g/mol. The van der Waals surface area contributed by atoms with E-state index in [1.165, 1.54) is 28.2 Å². The maximum Gasteiger partial charge on any atom is 0.378 e. The van der Waals surface area contributed by atoms with Crippen LogP contribution in [-0.4, -0.2) is 37.1 Å². The number of thiophene rings is 1. The Morgan fingerprint density at radius 2 is 2.04 bits per heavy atom. The monoisotopic (exact) mass is 383 g/mol. The summed E-state index contributed by atoms with van der Waals surface area (Å²) in [5.74, 6) is -0.533. The van der Waals surface area contributed by atoms with Gasteiger partial charge in [-0.1, -0.05) is 6.07 Å². The number of ether oxygens (including phenoxy) is 1. The number of esters is 1. The molecule has 0 aliphatic heterocycles. The Morgan fingerprint density at radius 1 is 1.19 bits per heavy atom. The molecule has 0 radical (unpaired) electrons. The lowest BCUT2D eigenvalue weighted by Gasteiger charge is -2.04. The summed E-state index contributed by atoms with van der Waals surface area (Å²) in [6.07, 6.45) is 3.44. The van der Waals surface area contributed by atoms with Crippen molar-refractivity contribution in [3.05, 3.63) is 71.9 Å². The SMILES string of the molecule is O=C(OCCn1cccn1)c1nc(-c2cccs2)n(-c2ccc(F)cc2)n1. The molecule has 0 N–H and O–H groups in total. The molecule has 0 saturated carbocycles. The second-order valence-corrected chi connectivity index (χ2v) is 6.48. The summed E-state index contributed by atoms with van der Waals surface area (Å²) in [4.78, 5) is 17.5. The molecule has 27 heavy (non-hydrogen) atoms. The van der Waals surface area contributed by atoms with Crippen LogP contribution < -0.4 is 0 Å². The molecular formula is C18H14FN5O2S. The third-order valence-electron chi connectivity index (χ3n) is 3.72. The van der Waals surface area contributed by atoms with E-state index in [1.54, 1.807) is 35.3 Å². The average Bonchev–Trinajstić information content (AvgIpc) is 3.43. The Labute approximate surface area is 157 Å². The van der Waals surface area contributed by atoms with Crippen molar-refractivity contribution in [2.24, 2.45) is 0 Å². The van der Waals surface area contributed by atoms with Gasteiger partial charge in [0.25, 0.3) is 5.82 Å². The molecule has 136 valence electrons. The van der Waals surface area contributed by atoms with Crippen molar-refractivity contribution in [3.8, 4) is 16.4 Å². The Balaban J connectivity index is 1.58. The third-order valence-corrected chi connectivity index (χ3v) is 4.58. The van der Waals surface area contributed by atoms with Gasteiger partial charge < -0.3 is 4.74 Å². The van der Waals surface area contributed by atoms with Gasteiger partial charge in [0.15, 0.2) is 5.82 Å². The van der Waals surface area contributed by atoms with Crippen molar-refractivity contribution < 1.29 is 13.9 Å². The van der Waals surface area contributed by atoms with Crippen LogP contribution in [0, 0.1) is 5.82 Å². The number of hydrogen-bond donors (Lipinski definition) is 0. The van der Waals surface area contributed by atoms with Crippen molar-refractivity contribution in [3.63, 3.8) is 0 Å². The number of carbonyl (C=O) groups excluding carboxylic acids is 1. The summed E-state index contributed by atoms with van der Waals surface area (Å²) in [6, 6.07) is 11.4. The molecule has 0 saturated heterocycles. The number of aromatic nitrogens is 5. The van der Waals surface area contributed by atoms with E-state index in [9.17, 15) is 9.18 Å². The largest absolute Gasteiger partial charge is 0.458 e. The minimum atomic E-state index is -0.624.